The van der Waals surface area contributed by atoms with Crippen LogP contribution in [0.25, 0.3) is 211 Å². The molecule has 10 heterocycles. The number of rotatable bonds is 13. The van der Waals surface area contributed by atoms with Gasteiger partial charge < -0.3 is 9.13 Å². The molecule has 22 rings (SSSR count). The molecular weight excluding hydrogens is 1370 g/mol. The van der Waals surface area contributed by atoms with E-state index in [1.54, 1.807) is 0 Å². The highest BCUT2D eigenvalue weighted by atomic mass is 15.1. The average molecular weight is 1430 g/mol. The highest BCUT2D eigenvalue weighted by Gasteiger charge is 2.24. The minimum atomic E-state index is 0.649. The molecule has 0 aliphatic heterocycles. The second-order valence-electron chi connectivity index (χ2n) is 28.4. The molecule has 11 nitrogen and oxygen atoms in total. The van der Waals surface area contributed by atoms with Crippen LogP contribution in [0.3, 0.4) is 0 Å². The third kappa shape index (κ3) is 10.7. The van der Waals surface area contributed by atoms with Crippen LogP contribution in [0.4, 0.5) is 0 Å². The van der Waals surface area contributed by atoms with Crippen molar-refractivity contribution in [2.24, 2.45) is 0 Å². The van der Waals surface area contributed by atoms with E-state index in [4.69, 9.17) is 34.9 Å². The Balaban J connectivity index is 0.592. The maximum absolute atomic E-state index is 5.30. The second-order valence-corrected chi connectivity index (χ2v) is 28.4. The fraction of sp³-hybridized carbons (Fsp3) is 0. The van der Waals surface area contributed by atoms with Gasteiger partial charge in [-0.2, -0.15) is 0 Å². The van der Waals surface area contributed by atoms with Crippen molar-refractivity contribution in [3.05, 3.63) is 383 Å². The number of aromatic nitrogens is 11. The summed E-state index contributed by atoms with van der Waals surface area (Å²) in [5.41, 5.74) is 28.9. The topological polar surface area (TPSA) is 110 Å². The van der Waals surface area contributed by atoms with Crippen molar-refractivity contribution in [1.82, 2.24) is 53.2 Å². The smallest absolute Gasteiger partial charge is 0.160 e. The predicted octanol–water partition coefficient (Wildman–Crippen LogP) is 24.8. The van der Waals surface area contributed by atoms with Crippen molar-refractivity contribution in [2.45, 2.75) is 0 Å². The molecule has 112 heavy (non-hydrogen) atoms. The van der Waals surface area contributed by atoms with Gasteiger partial charge in [0.2, 0.25) is 0 Å². The first-order valence-corrected chi connectivity index (χ1v) is 37.6. The van der Waals surface area contributed by atoms with Crippen molar-refractivity contribution in [3.8, 4) is 124 Å². The number of benzene rings is 12. The van der Waals surface area contributed by atoms with Gasteiger partial charge in [-0.1, -0.05) is 200 Å². The molecule has 0 aliphatic rings. The summed E-state index contributed by atoms with van der Waals surface area (Å²) in [5, 5.41) is 9.16. The summed E-state index contributed by atoms with van der Waals surface area (Å²) < 4.78 is 9.34. The van der Waals surface area contributed by atoms with Gasteiger partial charge in [-0.3, -0.25) is 19.1 Å². The van der Waals surface area contributed by atoms with Crippen molar-refractivity contribution < 1.29 is 0 Å². The van der Waals surface area contributed by atoms with E-state index in [1.165, 1.54) is 38.1 Å². The number of pyridine rings is 5. The van der Waals surface area contributed by atoms with Crippen LogP contribution in [0.1, 0.15) is 0 Å². The lowest BCUT2D eigenvalue weighted by atomic mass is 9.98. The Hall–Kier alpha value is -15.3. The molecule has 0 aliphatic carbocycles. The van der Waals surface area contributed by atoms with Crippen molar-refractivity contribution in [3.63, 3.8) is 0 Å². The van der Waals surface area contributed by atoms with Gasteiger partial charge in [0.15, 0.2) is 5.82 Å². The molecule has 0 bridgehead atoms. The standard InChI is InChI=1S/C101H63N11/c1-4-23-64(24-5-1)87-62-88(65-25-6-2-7-26-65)108-99(107-87)70-29-18-34-76(57-70)112-94-51-48-69(59-84(94)80-40-22-54-104-101(80)112)78-38-20-45-96-98(78)82-36-11-13-43-92(82)110(96)74-32-16-27-66(55-74)71-46-49-86(105-63-71)90-61-72(60-89(106-90)85-41-14-15-52-102-85)67-28-17-33-75(56-67)111-93-50-47-68(58-83(93)79-39-21-53-103-100(79)111)77-37-19-44-95-97(77)81-35-10-12-42-91(81)109(95)73-30-8-3-9-31-73/h1-63H. The maximum Gasteiger partial charge on any atom is 0.160 e. The number of fused-ring (bicyclic) bond motifs is 12. The van der Waals surface area contributed by atoms with E-state index in [2.05, 4.69) is 309 Å². The summed E-state index contributed by atoms with van der Waals surface area (Å²) in [4.78, 5) is 35.9. The Morgan fingerprint density at radius 1 is 0.188 bits per heavy atom. The van der Waals surface area contributed by atoms with Crippen LogP contribution in [0.15, 0.2) is 383 Å². The first kappa shape index (κ1) is 63.9. The van der Waals surface area contributed by atoms with Crippen LogP contribution < -0.4 is 0 Å². The molecule has 0 spiro atoms. The van der Waals surface area contributed by atoms with Crippen molar-refractivity contribution in [2.75, 3.05) is 0 Å². The largest absolute Gasteiger partial charge is 0.309 e. The maximum atomic E-state index is 5.30. The fourth-order valence-corrected chi connectivity index (χ4v) is 16.9. The summed E-state index contributed by atoms with van der Waals surface area (Å²) in [6, 6.07) is 127. The fourth-order valence-electron chi connectivity index (χ4n) is 16.9. The highest BCUT2D eigenvalue weighted by Crippen LogP contribution is 2.45. The van der Waals surface area contributed by atoms with Gasteiger partial charge in [0.05, 0.1) is 67.3 Å². The molecular formula is C101H63N11. The van der Waals surface area contributed by atoms with Crippen LogP contribution in [0.2, 0.25) is 0 Å². The summed E-state index contributed by atoms with van der Waals surface area (Å²) in [7, 11) is 0. The average Bonchev–Trinajstić information content (AvgIpc) is 1.58. The number of hydrogen-bond donors (Lipinski definition) is 0. The number of para-hydroxylation sites is 3. The SMILES string of the molecule is c1ccc(-c2cc(-c3ccccc3)nc(-c3cccc(-n4c5ccc(-c6cccc7c6c6ccccc6n7-c6cccc(-c7ccc(-c8cc(-c9cccc(-n%10c%11ccc(-c%12cccc%13c%12c%12ccccc%12n%13-c%12ccccc%12)cc%11c%11cccnc%11%10)c9)cc(-c9ccccn9)n8)nc7)c6)cc5c5cccnc54)c3)n2)cc1. The summed E-state index contributed by atoms with van der Waals surface area (Å²) in [6.07, 6.45) is 7.56. The number of hydrogen-bond acceptors (Lipinski definition) is 7. The van der Waals surface area contributed by atoms with Crippen LogP contribution in [-0.2, 0) is 0 Å². The van der Waals surface area contributed by atoms with Crippen LogP contribution in [0, 0.1) is 0 Å². The van der Waals surface area contributed by atoms with Gasteiger partial charge in [0.1, 0.15) is 11.3 Å². The quantitative estimate of drug-likeness (QED) is 0.113. The van der Waals surface area contributed by atoms with E-state index < -0.39 is 0 Å². The second kappa shape index (κ2) is 26.3. The molecule has 0 radical (unpaired) electrons. The normalized spacial score (nSPS) is 11.8. The lowest BCUT2D eigenvalue weighted by molar-refractivity contribution is 1.13. The molecule has 0 saturated heterocycles. The third-order valence-corrected chi connectivity index (χ3v) is 22.0. The Kier molecular flexibility index (Phi) is 15.0. The van der Waals surface area contributed by atoms with Gasteiger partial charge in [-0.25, -0.2) is 24.9 Å². The van der Waals surface area contributed by atoms with Gasteiger partial charge in [-0.05, 0) is 197 Å². The monoisotopic (exact) mass is 1430 g/mol. The van der Waals surface area contributed by atoms with Crippen LogP contribution >= 0.6 is 0 Å². The first-order chi connectivity index (χ1) is 55.5. The van der Waals surface area contributed by atoms with E-state index in [1.807, 2.05) is 91.5 Å². The van der Waals surface area contributed by atoms with Crippen molar-refractivity contribution in [1.29, 1.82) is 0 Å². The van der Waals surface area contributed by atoms with E-state index in [-0.39, 0.29) is 0 Å². The lowest BCUT2D eigenvalue weighted by Crippen LogP contribution is -1.98. The zero-order valence-corrected chi connectivity index (χ0v) is 60.3. The predicted molar refractivity (Wildman–Crippen MR) is 457 cm³/mol. The Labute approximate surface area is 643 Å². The molecule has 0 amide bonds. The van der Waals surface area contributed by atoms with E-state index >= 15 is 0 Å². The van der Waals surface area contributed by atoms with E-state index in [0.717, 1.165) is 167 Å². The molecule has 22 aromatic rings. The first-order valence-electron chi connectivity index (χ1n) is 37.6. The Morgan fingerprint density at radius 2 is 0.607 bits per heavy atom. The zero-order valence-electron chi connectivity index (χ0n) is 60.3. The van der Waals surface area contributed by atoms with Crippen LogP contribution in [-0.4, -0.2) is 53.2 Å². The Bertz CT molecular complexity index is 7430. The molecule has 0 saturated carbocycles. The van der Waals surface area contributed by atoms with Gasteiger partial charge in [0, 0.05) is 113 Å². The van der Waals surface area contributed by atoms with Crippen molar-refractivity contribution >= 4 is 87.5 Å². The van der Waals surface area contributed by atoms with Gasteiger partial charge in [0.25, 0.3) is 0 Å². The van der Waals surface area contributed by atoms with Gasteiger partial charge >= 0.3 is 0 Å². The molecule has 0 atom stereocenters. The molecule has 0 unspecified atom stereocenters. The van der Waals surface area contributed by atoms with E-state index in [0.29, 0.717) is 5.82 Å². The number of nitrogens with zero attached hydrogens (tertiary/aromatic N) is 11. The molecule has 0 N–H and O–H groups in total. The Morgan fingerprint density at radius 3 is 1.15 bits per heavy atom. The van der Waals surface area contributed by atoms with E-state index in [9.17, 15) is 0 Å². The zero-order chi connectivity index (χ0) is 73.7. The molecule has 0 fully saturated rings. The summed E-state index contributed by atoms with van der Waals surface area (Å²) in [5.74, 6) is 0.649. The summed E-state index contributed by atoms with van der Waals surface area (Å²) in [6.45, 7) is 0. The molecule has 522 valence electrons. The minimum Gasteiger partial charge on any atom is -0.309 e. The molecule has 11 heteroatoms. The summed E-state index contributed by atoms with van der Waals surface area (Å²) >= 11 is 0. The minimum absolute atomic E-state index is 0.649. The van der Waals surface area contributed by atoms with Crippen LogP contribution in [0.5, 0.6) is 0 Å². The molecule has 12 aromatic carbocycles. The highest BCUT2D eigenvalue weighted by molar-refractivity contribution is 6.19. The third-order valence-electron chi connectivity index (χ3n) is 22.0. The lowest BCUT2D eigenvalue weighted by Gasteiger charge is -2.13. The molecule has 10 aromatic heterocycles. The van der Waals surface area contributed by atoms with Gasteiger partial charge in [-0.15, -0.1) is 0 Å².